The number of rotatable bonds is 6. The predicted molar refractivity (Wildman–Crippen MR) is 94.4 cm³/mol. The average Bonchev–Trinajstić information content (AvgIpc) is 3.10. The Labute approximate surface area is 129 Å². The van der Waals surface area contributed by atoms with Gasteiger partial charge in [0.1, 0.15) is 0 Å². The van der Waals surface area contributed by atoms with Crippen molar-refractivity contribution in [1.82, 2.24) is 0 Å². The molecule has 0 atom stereocenters. The zero-order valence-corrected chi connectivity index (χ0v) is 14.0. The second-order valence-corrected chi connectivity index (χ2v) is 7.32. The van der Waals surface area contributed by atoms with Crippen LogP contribution >= 0.6 is 22.7 Å². The fourth-order valence-corrected chi connectivity index (χ4v) is 5.05. The number of fused-ring (bicyclic) bond motifs is 3. The van der Waals surface area contributed by atoms with E-state index < -0.39 is 0 Å². The summed E-state index contributed by atoms with van der Waals surface area (Å²) in [6.45, 7) is 4.59. The van der Waals surface area contributed by atoms with Gasteiger partial charge in [-0.15, -0.1) is 22.7 Å². The van der Waals surface area contributed by atoms with Gasteiger partial charge in [-0.3, -0.25) is 0 Å². The van der Waals surface area contributed by atoms with Crippen LogP contribution in [0.3, 0.4) is 0 Å². The molecule has 0 fully saturated rings. The van der Waals surface area contributed by atoms with Gasteiger partial charge < -0.3 is 0 Å². The molecule has 0 aliphatic carbocycles. The summed E-state index contributed by atoms with van der Waals surface area (Å²) < 4.78 is 3.10. The smallest absolute Gasteiger partial charge is 0.0384 e. The molecule has 0 unspecified atom stereocenters. The predicted octanol–water partition coefficient (Wildman–Crippen LogP) is 6.80. The van der Waals surface area contributed by atoms with Crippen molar-refractivity contribution in [3.63, 3.8) is 0 Å². The van der Waals surface area contributed by atoms with Crippen molar-refractivity contribution in [2.45, 2.75) is 52.4 Å². The first-order valence-corrected chi connectivity index (χ1v) is 9.50. The van der Waals surface area contributed by atoms with Gasteiger partial charge in [-0.25, -0.2) is 0 Å². The Bertz CT molecular complexity index is 641. The van der Waals surface area contributed by atoms with Gasteiger partial charge >= 0.3 is 0 Å². The van der Waals surface area contributed by atoms with Gasteiger partial charge in [-0.1, -0.05) is 26.7 Å². The number of hydrogen-bond acceptors (Lipinski definition) is 2. The van der Waals surface area contributed by atoms with Crippen molar-refractivity contribution in [2.24, 2.45) is 0 Å². The van der Waals surface area contributed by atoms with Crippen LogP contribution < -0.4 is 0 Å². The summed E-state index contributed by atoms with van der Waals surface area (Å²) in [6, 6.07) is 4.63. The Morgan fingerprint density at radius 2 is 1.20 bits per heavy atom. The van der Waals surface area contributed by atoms with E-state index in [1.165, 1.54) is 49.3 Å². The molecule has 2 heteroatoms. The minimum atomic E-state index is 1.25. The molecule has 106 valence electrons. The molecule has 2 aromatic heterocycles. The molecule has 3 rings (SSSR count). The summed E-state index contributed by atoms with van der Waals surface area (Å²) in [5.41, 5.74) is 3.31. The molecule has 20 heavy (non-hydrogen) atoms. The minimum Gasteiger partial charge on any atom is -0.143 e. The topological polar surface area (TPSA) is 0 Å². The molecule has 0 amide bonds. The van der Waals surface area contributed by atoms with Crippen molar-refractivity contribution in [3.8, 4) is 0 Å². The highest BCUT2D eigenvalue weighted by Gasteiger charge is 2.15. The van der Waals surface area contributed by atoms with E-state index in [9.17, 15) is 0 Å². The van der Waals surface area contributed by atoms with E-state index in [4.69, 9.17) is 0 Å². The first-order chi connectivity index (χ1) is 9.86. The molecule has 1 aromatic carbocycles. The zero-order valence-electron chi connectivity index (χ0n) is 12.4. The molecule has 0 radical (unpaired) electrons. The molecule has 0 saturated carbocycles. The van der Waals surface area contributed by atoms with Crippen LogP contribution in [-0.4, -0.2) is 0 Å². The lowest BCUT2D eigenvalue weighted by atomic mass is 9.95. The fourth-order valence-electron chi connectivity index (χ4n) is 3.02. The van der Waals surface area contributed by atoms with Crippen LogP contribution in [0, 0.1) is 0 Å². The number of unbranched alkanes of at least 4 members (excludes halogenated alkanes) is 2. The summed E-state index contributed by atoms with van der Waals surface area (Å²) in [4.78, 5) is 0. The first kappa shape index (κ1) is 14.1. The lowest BCUT2D eigenvalue weighted by Gasteiger charge is -2.13. The molecule has 0 bridgehead atoms. The Kier molecular flexibility index (Phi) is 4.42. The van der Waals surface area contributed by atoms with Gasteiger partial charge in [0.05, 0.1) is 0 Å². The normalized spacial score (nSPS) is 11.7. The minimum absolute atomic E-state index is 1.25. The van der Waals surface area contributed by atoms with Gasteiger partial charge in [0.25, 0.3) is 0 Å². The molecular weight excluding hydrogens is 280 g/mol. The molecule has 0 aliphatic heterocycles. The average molecular weight is 303 g/mol. The molecule has 0 spiro atoms. The second-order valence-electron chi connectivity index (χ2n) is 5.49. The highest BCUT2D eigenvalue weighted by molar-refractivity contribution is 7.19. The Hall–Kier alpha value is -0.860. The maximum Gasteiger partial charge on any atom is 0.0384 e. The third kappa shape index (κ3) is 2.40. The van der Waals surface area contributed by atoms with E-state index in [2.05, 4.69) is 36.7 Å². The molecule has 0 aliphatic rings. The van der Waals surface area contributed by atoms with Crippen LogP contribution in [0.5, 0.6) is 0 Å². The molecule has 2 heterocycles. The first-order valence-electron chi connectivity index (χ1n) is 7.74. The monoisotopic (exact) mass is 302 g/mol. The number of thiophene rings is 2. The van der Waals surface area contributed by atoms with Crippen LogP contribution in [-0.2, 0) is 12.8 Å². The van der Waals surface area contributed by atoms with Crippen LogP contribution in [0.2, 0.25) is 0 Å². The lowest BCUT2D eigenvalue weighted by molar-refractivity contribution is 0.766. The largest absolute Gasteiger partial charge is 0.143 e. The van der Waals surface area contributed by atoms with Gasteiger partial charge in [0, 0.05) is 20.2 Å². The highest BCUT2D eigenvalue weighted by Crippen LogP contribution is 2.40. The maximum atomic E-state index is 2.31. The third-order valence-corrected chi connectivity index (χ3v) is 6.04. The van der Waals surface area contributed by atoms with Crippen molar-refractivity contribution in [2.75, 3.05) is 0 Å². The van der Waals surface area contributed by atoms with E-state index in [0.29, 0.717) is 0 Å². The number of aryl methyl sites for hydroxylation is 2. The van der Waals surface area contributed by atoms with E-state index in [0.717, 1.165) is 0 Å². The van der Waals surface area contributed by atoms with Crippen LogP contribution in [0.1, 0.15) is 50.7 Å². The highest BCUT2D eigenvalue weighted by atomic mass is 32.1. The van der Waals surface area contributed by atoms with Gasteiger partial charge in [0.15, 0.2) is 0 Å². The Balaban J connectivity index is 2.23. The van der Waals surface area contributed by atoms with Gasteiger partial charge in [-0.05, 0) is 59.7 Å². The van der Waals surface area contributed by atoms with Crippen molar-refractivity contribution in [1.29, 1.82) is 0 Å². The Morgan fingerprint density at radius 3 is 1.60 bits per heavy atom. The summed E-state index contributed by atoms with van der Waals surface area (Å²) >= 11 is 3.87. The number of hydrogen-bond donors (Lipinski definition) is 0. The van der Waals surface area contributed by atoms with E-state index >= 15 is 0 Å². The van der Waals surface area contributed by atoms with Crippen molar-refractivity contribution in [3.05, 3.63) is 34.0 Å². The lowest BCUT2D eigenvalue weighted by Crippen LogP contribution is -1.96. The maximum absolute atomic E-state index is 2.31. The summed E-state index contributed by atoms with van der Waals surface area (Å²) in [5, 5.41) is 7.50. The molecule has 0 saturated heterocycles. The van der Waals surface area contributed by atoms with Crippen LogP contribution in [0.15, 0.2) is 22.9 Å². The molecule has 3 aromatic rings. The fraction of sp³-hybridized carbons (Fsp3) is 0.444. The SMILES string of the molecule is CCCCc1c(CCCC)c2sccc2c2ccsc12. The zero-order chi connectivity index (χ0) is 13.9. The van der Waals surface area contributed by atoms with Crippen molar-refractivity contribution >= 4 is 42.8 Å². The van der Waals surface area contributed by atoms with E-state index in [-0.39, 0.29) is 0 Å². The Morgan fingerprint density at radius 1 is 0.750 bits per heavy atom. The summed E-state index contributed by atoms with van der Waals surface area (Å²) in [6.07, 6.45) is 7.68. The third-order valence-electron chi connectivity index (χ3n) is 4.09. The molecular formula is C18H22S2. The summed E-state index contributed by atoms with van der Waals surface area (Å²) in [7, 11) is 0. The van der Waals surface area contributed by atoms with Crippen LogP contribution in [0.25, 0.3) is 20.2 Å². The molecule has 0 nitrogen and oxygen atoms in total. The van der Waals surface area contributed by atoms with Gasteiger partial charge in [0.2, 0.25) is 0 Å². The second kappa shape index (κ2) is 6.28. The molecule has 0 N–H and O–H groups in total. The summed E-state index contributed by atoms with van der Waals surface area (Å²) in [5.74, 6) is 0. The standard InChI is InChI=1S/C18H22S2/c1-3-5-7-13-14(8-6-4-2)18-16(10-12-20-18)15-9-11-19-17(13)15/h9-12H,3-8H2,1-2H3. The van der Waals surface area contributed by atoms with Crippen molar-refractivity contribution < 1.29 is 0 Å². The number of benzene rings is 1. The van der Waals surface area contributed by atoms with E-state index in [1.807, 2.05) is 22.7 Å². The quantitative estimate of drug-likeness (QED) is 0.469. The van der Waals surface area contributed by atoms with Gasteiger partial charge in [-0.2, -0.15) is 0 Å². The van der Waals surface area contributed by atoms with Crippen LogP contribution in [0.4, 0.5) is 0 Å². The van der Waals surface area contributed by atoms with E-state index in [1.54, 1.807) is 20.5 Å².